The van der Waals surface area contributed by atoms with E-state index in [-0.39, 0.29) is 35.9 Å². The van der Waals surface area contributed by atoms with Crippen LogP contribution in [0.2, 0.25) is 0 Å². The van der Waals surface area contributed by atoms with Gasteiger partial charge in [-0.3, -0.25) is 27.7 Å². The van der Waals surface area contributed by atoms with Crippen LogP contribution in [0.1, 0.15) is 123 Å². The molecule has 2 aromatic heterocycles. The smallest absolute Gasteiger partial charge is 0.386 e. The molecule has 23 nitrogen and oxygen atoms in total. The van der Waals surface area contributed by atoms with Crippen LogP contribution in [0.15, 0.2) is 12.7 Å². The number of thioether (sulfide) groups is 1. The number of ether oxygens (including phenoxy) is 1. The summed E-state index contributed by atoms with van der Waals surface area (Å²) >= 11 is 1.77. The summed E-state index contributed by atoms with van der Waals surface area (Å²) < 4.78 is 62.5. The lowest BCUT2D eigenvalue weighted by Crippen LogP contribution is -2.46. The second kappa shape index (κ2) is 27.6. The Kier molecular flexibility index (Phi) is 24.3. The number of fused-ring (bicyclic) bond motifs is 1. The molecule has 0 aliphatic carbocycles. The molecule has 10 N–H and O–H groups in total. The van der Waals surface area contributed by atoms with Crippen LogP contribution < -0.4 is 16.4 Å². The first kappa shape index (κ1) is 56.2. The van der Waals surface area contributed by atoms with E-state index < -0.39 is 78.6 Å². The minimum atomic E-state index is -5.55. The SMILES string of the molecule is CCCCCCCCCCCCCCCCSCCNC(=O)CCNC(=O)[C@@H](O)C(C)(C)COP(=O)(O)OP(=O)(O)OC[C@H]1O[C@@H](n2cnc3c(N)ncnc32)[C@H](O)[C@@H]1OP(=O)(O)O. The third kappa shape index (κ3) is 20.4. The lowest BCUT2D eigenvalue weighted by atomic mass is 9.87. The number of phosphoric ester groups is 3. The van der Waals surface area contributed by atoms with Gasteiger partial charge in [0, 0.05) is 30.7 Å². The van der Waals surface area contributed by atoms with Crippen LogP contribution in [-0.4, -0.2) is 123 Å². The Morgan fingerprint density at radius 1 is 0.875 bits per heavy atom. The van der Waals surface area contributed by atoms with Crippen LogP contribution in [-0.2, 0) is 45.9 Å². The zero-order chi connectivity index (χ0) is 47.4. The van der Waals surface area contributed by atoms with Crippen molar-refractivity contribution in [2.24, 2.45) is 5.41 Å². The summed E-state index contributed by atoms with van der Waals surface area (Å²) in [6.45, 7) is 3.22. The molecule has 1 aliphatic heterocycles. The van der Waals surface area contributed by atoms with E-state index in [1.165, 1.54) is 97.3 Å². The predicted octanol–water partition coefficient (Wildman–Crippen LogP) is 4.62. The largest absolute Gasteiger partial charge is 0.481 e. The Hall–Kier alpha value is -2.11. The molecule has 368 valence electrons. The summed E-state index contributed by atoms with van der Waals surface area (Å²) in [5, 5.41) is 26.8. The first-order chi connectivity index (χ1) is 30.2. The summed E-state index contributed by atoms with van der Waals surface area (Å²) in [4.78, 5) is 76.1. The fourth-order valence-electron chi connectivity index (χ4n) is 6.70. The number of aliphatic hydroxyl groups is 2. The number of nitrogens with one attached hydrogen (secondary N) is 2. The van der Waals surface area contributed by atoms with Crippen molar-refractivity contribution < 1.29 is 75.7 Å². The summed E-state index contributed by atoms with van der Waals surface area (Å²) in [7, 11) is -16.3. The summed E-state index contributed by atoms with van der Waals surface area (Å²) in [5.41, 5.74) is 4.34. The zero-order valence-electron chi connectivity index (χ0n) is 36.8. The van der Waals surface area contributed by atoms with Crippen molar-refractivity contribution in [2.75, 3.05) is 43.5 Å². The third-order valence-electron chi connectivity index (χ3n) is 10.3. The van der Waals surface area contributed by atoms with E-state index >= 15 is 0 Å². The summed E-state index contributed by atoms with van der Waals surface area (Å²) in [5.74, 6) is 0.534. The molecule has 27 heteroatoms. The van der Waals surface area contributed by atoms with Gasteiger partial charge in [0.15, 0.2) is 17.7 Å². The molecule has 1 aliphatic rings. The first-order valence-electron chi connectivity index (χ1n) is 21.6. The highest BCUT2D eigenvalue weighted by Crippen LogP contribution is 2.61. The van der Waals surface area contributed by atoms with Gasteiger partial charge < -0.3 is 50.9 Å². The first-order valence-corrected chi connectivity index (χ1v) is 27.3. The number of hydrogen-bond donors (Lipinski definition) is 9. The minimum absolute atomic E-state index is 0.0318. The van der Waals surface area contributed by atoms with Crippen molar-refractivity contribution in [1.82, 2.24) is 30.2 Å². The van der Waals surface area contributed by atoms with Crippen molar-refractivity contribution in [1.29, 1.82) is 0 Å². The number of anilines is 1. The molecule has 1 fully saturated rings. The minimum Gasteiger partial charge on any atom is -0.386 e. The van der Waals surface area contributed by atoms with E-state index in [1.807, 2.05) is 0 Å². The molecule has 2 aromatic rings. The molecule has 1 saturated heterocycles. The van der Waals surface area contributed by atoms with E-state index in [0.29, 0.717) is 6.54 Å². The van der Waals surface area contributed by atoms with Gasteiger partial charge in [0.25, 0.3) is 0 Å². The van der Waals surface area contributed by atoms with Crippen LogP contribution >= 0.6 is 35.2 Å². The number of imidazole rings is 1. The Morgan fingerprint density at radius 3 is 2.08 bits per heavy atom. The molecular formula is C37H68N7O16P3S. The average molecular weight is 992 g/mol. The van der Waals surface area contributed by atoms with Gasteiger partial charge >= 0.3 is 23.5 Å². The number of unbranched alkanes of at least 4 members (excludes halogenated alkanes) is 13. The van der Waals surface area contributed by atoms with Crippen LogP contribution in [0.3, 0.4) is 0 Å². The average Bonchev–Trinajstić information content (AvgIpc) is 3.78. The summed E-state index contributed by atoms with van der Waals surface area (Å²) in [6.07, 6.45) is 11.7. The van der Waals surface area contributed by atoms with E-state index in [0.717, 1.165) is 35.1 Å². The number of rotatable bonds is 34. The Bertz CT molecular complexity index is 1880. The molecule has 0 saturated carbocycles. The number of phosphoric acid groups is 3. The second-order valence-electron chi connectivity index (χ2n) is 16.3. The number of nitrogens with two attached hydrogens (primary N) is 1. The van der Waals surface area contributed by atoms with Gasteiger partial charge in [0.2, 0.25) is 11.8 Å². The number of carbonyl (C=O) groups excluding carboxylic acids is 2. The molecule has 7 atom stereocenters. The standard InChI is InChI=1S/C37H68N7O16P3S/c1-4-5-6-7-8-9-10-11-12-13-14-15-16-17-21-64-22-20-39-28(45)18-19-40-35(48)32(47)37(2,3)24-57-63(54,55)60-62(52,53)56-23-27-31(59-61(49,50)51)30(46)36(58-27)44-26-43-29-33(38)41-25-42-34(29)44/h25-27,30-32,36,46-47H,4-24H2,1-3H3,(H,39,45)(H,40,48)(H,52,53)(H,54,55)(H2,38,41,42)(H2,49,50,51)/t27-,30-,31-,32-,36-/m1/s1. The molecule has 0 bridgehead atoms. The van der Waals surface area contributed by atoms with Gasteiger partial charge in [-0.1, -0.05) is 104 Å². The number of carbonyl (C=O) groups is 2. The molecule has 3 rings (SSSR count). The topological polar surface area (TPSA) is 347 Å². The molecule has 64 heavy (non-hydrogen) atoms. The number of hydrogen-bond acceptors (Lipinski definition) is 17. The number of nitrogen functional groups attached to an aromatic ring is 1. The number of amides is 2. The van der Waals surface area contributed by atoms with Crippen molar-refractivity contribution in [3.05, 3.63) is 12.7 Å². The zero-order valence-corrected chi connectivity index (χ0v) is 40.3. The van der Waals surface area contributed by atoms with Gasteiger partial charge in [-0.2, -0.15) is 16.1 Å². The molecule has 3 heterocycles. The molecule has 2 unspecified atom stereocenters. The fraction of sp³-hybridized carbons (Fsp3) is 0.811. The Morgan fingerprint density at radius 2 is 1.47 bits per heavy atom. The van der Waals surface area contributed by atoms with Crippen LogP contribution in [0, 0.1) is 5.41 Å². The van der Waals surface area contributed by atoms with Crippen LogP contribution in [0.25, 0.3) is 11.2 Å². The Balaban J connectivity index is 1.31. The molecule has 0 spiro atoms. The van der Waals surface area contributed by atoms with Crippen molar-refractivity contribution in [3.63, 3.8) is 0 Å². The molecule has 2 amide bonds. The molecular weight excluding hydrogens is 923 g/mol. The lowest BCUT2D eigenvalue weighted by molar-refractivity contribution is -0.137. The second-order valence-corrected chi connectivity index (χ2v) is 21.7. The molecule has 0 aromatic carbocycles. The van der Waals surface area contributed by atoms with Gasteiger partial charge in [-0.15, -0.1) is 0 Å². The van der Waals surface area contributed by atoms with Gasteiger partial charge in [-0.25, -0.2) is 28.6 Å². The van der Waals surface area contributed by atoms with Gasteiger partial charge in [0.1, 0.15) is 36.3 Å². The maximum Gasteiger partial charge on any atom is 0.481 e. The highest BCUT2D eigenvalue weighted by atomic mass is 32.2. The monoisotopic (exact) mass is 991 g/mol. The van der Waals surface area contributed by atoms with Crippen molar-refractivity contribution >= 4 is 64.0 Å². The number of nitrogens with zero attached hydrogens (tertiary/aromatic N) is 4. The van der Waals surface area contributed by atoms with Crippen LogP contribution in [0.4, 0.5) is 5.82 Å². The third-order valence-corrected chi connectivity index (χ3v) is 14.5. The fourth-order valence-corrected chi connectivity index (χ4v) is 10.4. The highest BCUT2D eigenvalue weighted by Gasteiger charge is 2.50. The Labute approximate surface area is 378 Å². The van der Waals surface area contributed by atoms with Crippen LogP contribution in [0.5, 0.6) is 0 Å². The van der Waals surface area contributed by atoms with E-state index in [4.69, 9.17) is 19.5 Å². The predicted molar refractivity (Wildman–Crippen MR) is 237 cm³/mol. The highest BCUT2D eigenvalue weighted by molar-refractivity contribution is 7.99. The normalized spacial score (nSPS) is 20.5. The van der Waals surface area contributed by atoms with Crippen molar-refractivity contribution in [3.8, 4) is 0 Å². The number of aliphatic hydroxyl groups excluding tert-OH is 2. The van der Waals surface area contributed by atoms with E-state index in [2.05, 4.69) is 41.3 Å². The van der Waals surface area contributed by atoms with Gasteiger partial charge in [-0.05, 0) is 12.2 Å². The van der Waals surface area contributed by atoms with E-state index in [9.17, 15) is 53.1 Å². The summed E-state index contributed by atoms with van der Waals surface area (Å²) in [6, 6.07) is 0. The van der Waals surface area contributed by atoms with Gasteiger partial charge in [0.05, 0.1) is 19.5 Å². The maximum absolute atomic E-state index is 12.7. The lowest BCUT2D eigenvalue weighted by Gasteiger charge is -2.30. The number of aromatic nitrogens is 4. The van der Waals surface area contributed by atoms with Crippen molar-refractivity contribution in [2.45, 2.75) is 148 Å². The quantitative estimate of drug-likeness (QED) is 0.0341. The maximum atomic E-state index is 12.7. The van der Waals surface area contributed by atoms with E-state index in [1.54, 1.807) is 11.8 Å². The molecule has 0 radical (unpaired) electrons.